The number of carbonyl (C=O) groups excluding carboxylic acids is 1. The number of aliphatic carboxylic acids is 1. The van der Waals surface area contributed by atoms with Crippen molar-refractivity contribution in [1.29, 1.82) is 0 Å². The van der Waals surface area contributed by atoms with Crippen molar-refractivity contribution < 1.29 is 14.7 Å². The Morgan fingerprint density at radius 3 is 2.79 bits per heavy atom. The van der Waals surface area contributed by atoms with Crippen LogP contribution in [0, 0.1) is 28.6 Å². The highest BCUT2D eigenvalue weighted by Gasteiger charge is 2.60. The Kier molecular flexibility index (Phi) is 3.56. The first-order valence-electron chi connectivity index (χ1n) is 9.52. The molecule has 3 fully saturated rings. The summed E-state index contributed by atoms with van der Waals surface area (Å²) >= 11 is 0. The molecule has 4 rings (SSSR count). The van der Waals surface area contributed by atoms with E-state index in [0.717, 1.165) is 31.3 Å². The van der Waals surface area contributed by atoms with Crippen LogP contribution in [-0.2, 0) is 9.59 Å². The van der Waals surface area contributed by atoms with Crippen molar-refractivity contribution in [3.05, 3.63) is 23.3 Å². The zero-order valence-corrected chi connectivity index (χ0v) is 14.8. The van der Waals surface area contributed by atoms with E-state index in [1.54, 1.807) is 0 Å². The molecule has 0 aromatic carbocycles. The molecule has 0 saturated heterocycles. The summed E-state index contributed by atoms with van der Waals surface area (Å²) in [5.41, 5.74) is 2.37. The zero-order chi connectivity index (χ0) is 17.1. The third-order valence-corrected chi connectivity index (χ3v) is 7.86. The average molecular weight is 328 g/mol. The van der Waals surface area contributed by atoms with Crippen LogP contribution in [0.4, 0.5) is 0 Å². The predicted octanol–water partition coefficient (Wildman–Crippen LogP) is 4.53. The molecule has 4 aliphatic rings. The van der Waals surface area contributed by atoms with Crippen LogP contribution in [0.25, 0.3) is 0 Å². The van der Waals surface area contributed by atoms with Gasteiger partial charge in [0.2, 0.25) is 0 Å². The Labute approximate surface area is 144 Å². The monoisotopic (exact) mass is 328 g/mol. The SMILES string of the molecule is C[C@]12CCCCC1=CC[C@@H]1[C@@H]2C(=O)C[C@]2(C)C(=CC(=O)O)CC[C@@H]12. The van der Waals surface area contributed by atoms with Crippen molar-refractivity contribution in [1.82, 2.24) is 0 Å². The summed E-state index contributed by atoms with van der Waals surface area (Å²) < 4.78 is 0. The van der Waals surface area contributed by atoms with Crippen LogP contribution in [0.2, 0.25) is 0 Å². The smallest absolute Gasteiger partial charge is 0.328 e. The second kappa shape index (κ2) is 5.31. The first-order valence-corrected chi connectivity index (χ1v) is 9.52. The van der Waals surface area contributed by atoms with Crippen LogP contribution >= 0.6 is 0 Å². The molecule has 5 atom stereocenters. The number of hydrogen-bond acceptors (Lipinski definition) is 2. The third kappa shape index (κ3) is 2.09. The fourth-order valence-corrected chi connectivity index (χ4v) is 6.76. The van der Waals surface area contributed by atoms with Gasteiger partial charge in [-0.1, -0.05) is 37.5 Å². The summed E-state index contributed by atoms with van der Waals surface area (Å²) in [5.74, 6) is 0.559. The zero-order valence-electron chi connectivity index (χ0n) is 14.8. The molecule has 0 aromatic heterocycles. The quantitative estimate of drug-likeness (QED) is 0.568. The summed E-state index contributed by atoms with van der Waals surface area (Å²) in [4.78, 5) is 24.5. The minimum Gasteiger partial charge on any atom is -0.478 e. The van der Waals surface area contributed by atoms with Gasteiger partial charge in [-0.3, -0.25) is 4.79 Å². The molecule has 0 bridgehead atoms. The lowest BCUT2D eigenvalue weighted by Crippen LogP contribution is -2.53. The molecule has 0 aliphatic heterocycles. The first kappa shape index (κ1) is 16.1. The van der Waals surface area contributed by atoms with Crippen molar-refractivity contribution >= 4 is 11.8 Å². The first-order chi connectivity index (χ1) is 11.4. The maximum absolute atomic E-state index is 13.3. The molecular formula is C21H28O3. The average Bonchev–Trinajstić information content (AvgIpc) is 2.82. The molecule has 0 heterocycles. The lowest BCUT2D eigenvalue weighted by molar-refractivity contribution is -0.140. The fraction of sp³-hybridized carbons (Fsp3) is 0.714. The van der Waals surface area contributed by atoms with Gasteiger partial charge < -0.3 is 5.11 Å². The molecule has 3 saturated carbocycles. The summed E-state index contributed by atoms with van der Waals surface area (Å²) in [7, 11) is 0. The van der Waals surface area contributed by atoms with Crippen molar-refractivity contribution in [3.8, 4) is 0 Å². The van der Waals surface area contributed by atoms with E-state index < -0.39 is 5.97 Å². The molecule has 4 aliphatic carbocycles. The van der Waals surface area contributed by atoms with E-state index in [9.17, 15) is 14.7 Å². The number of allylic oxidation sites excluding steroid dienone is 3. The highest BCUT2D eigenvalue weighted by atomic mass is 16.4. The van der Waals surface area contributed by atoms with Crippen molar-refractivity contribution in [2.75, 3.05) is 0 Å². The normalized spacial score (nSPS) is 46.1. The molecular weight excluding hydrogens is 300 g/mol. The van der Waals surface area contributed by atoms with Crippen LogP contribution in [0.5, 0.6) is 0 Å². The van der Waals surface area contributed by atoms with E-state index in [0.29, 0.717) is 24.0 Å². The predicted molar refractivity (Wildman–Crippen MR) is 92.4 cm³/mol. The highest BCUT2D eigenvalue weighted by molar-refractivity contribution is 5.86. The molecule has 1 N–H and O–H groups in total. The van der Waals surface area contributed by atoms with Gasteiger partial charge in [0, 0.05) is 18.4 Å². The molecule has 3 heteroatoms. The number of Topliss-reactive ketones (excluding diaryl/α,β-unsaturated/α-hetero) is 1. The maximum atomic E-state index is 13.3. The standard InChI is InChI=1S/C21H28O3/c1-20-10-4-3-5-13(20)6-8-15-16-9-7-14(11-18(23)24)21(16,2)12-17(22)19(15)20/h6,11,15-16,19H,3-5,7-10,12H2,1-2H3,(H,23,24)/t15-,16-,19+,20-,21+/m0/s1. The minimum absolute atomic E-state index is 0.0683. The molecule has 0 amide bonds. The van der Waals surface area contributed by atoms with Crippen LogP contribution in [-0.4, -0.2) is 16.9 Å². The van der Waals surface area contributed by atoms with Gasteiger partial charge in [-0.05, 0) is 61.2 Å². The minimum atomic E-state index is -0.869. The van der Waals surface area contributed by atoms with Crippen molar-refractivity contribution in [2.24, 2.45) is 28.6 Å². The molecule has 3 nitrogen and oxygen atoms in total. The van der Waals surface area contributed by atoms with E-state index in [4.69, 9.17) is 0 Å². The number of rotatable bonds is 1. The van der Waals surface area contributed by atoms with Gasteiger partial charge in [0.25, 0.3) is 0 Å². The number of ketones is 1. The molecule has 0 radical (unpaired) electrons. The van der Waals surface area contributed by atoms with Gasteiger partial charge in [0.1, 0.15) is 5.78 Å². The summed E-state index contributed by atoms with van der Waals surface area (Å²) in [6.07, 6.45) is 12.1. The Hall–Kier alpha value is -1.38. The second-order valence-corrected chi connectivity index (χ2v) is 8.94. The van der Waals surface area contributed by atoms with Crippen molar-refractivity contribution in [3.63, 3.8) is 0 Å². The van der Waals surface area contributed by atoms with Gasteiger partial charge in [-0.2, -0.15) is 0 Å². The molecule has 0 aromatic rings. The second-order valence-electron chi connectivity index (χ2n) is 8.94. The Morgan fingerprint density at radius 1 is 1.25 bits per heavy atom. The number of fused-ring (bicyclic) bond motifs is 5. The van der Waals surface area contributed by atoms with Crippen LogP contribution < -0.4 is 0 Å². The van der Waals surface area contributed by atoms with Gasteiger partial charge in [-0.25, -0.2) is 4.79 Å². The van der Waals surface area contributed by atoms with Crippen LogP contribution in [0.1, 0.15) is 65.2 Å². The van der Waals surface area contributed by atoms with Gasteiger partial charge >= 0.3 is 5.97 Å². The van der Waals surface area contributed by atoms with E-state index in [1.165, 1.54) is 30.9 Å². The number of carbonyl (C=O) groups is 2. The Morgan fingerprint density at radius 2 is 2.04 bits per heavy atom. The van der Waals surface area contributed by atoms with Gasteiger partial charge in [-0.15, -0.1) is 0 Å². The van der Waals surface area contributed by atoms with E-state index in [2.05, 4.69) is 19.9 Å². The maximum Gasteiger partial charge on any atom is 0.328 e. The fourth-order valence-electron chi connectivity index (χ4n) is 6.76. The van der Waals surface area contributed by atoms with Gasteiger partial charge in [0.05, 0.1) is 0 Å². The molecule has 0 spiro atoms. The molecule has 24 heavy (non-hydrogen) atoms. The van der Waals surface area contributed by atoms with Gasteiger partial charge in [0.15, 0.2) is 0 Å². The summed E-state index contributed by atoms with van der Waals surface area (Å²) in [6, 6.07) is 0. The van der Waals surface area contributed by atoms with Crippen molar-refractivity contribution in [2.45, 2.75) is 65.2 Å². The molecule has 0 unspecified atom stereocenters. The van der Waals surface area contributed by atoms with E-state index in [-0.39, 0.29) is 16.7 Å². The Bertz CT molecular complexity index is 658. The van der Waals surface area contributed by atoms with Crippen LogP contribution in [0.15, 0.2) is 23.3 Å². The summed E-state index contributed by atoms with van der Waals surface area (Å²) in [6.45, 7) is 4.48. The van der Waals surface area contributed by atoms with E-state index in [1.807, 2.05) is 0 Å². The number of carboxylic acid groups (broad SMARTS) is 1. The highest BCUT2D eigenvalue weighted by Crippen LogP contribution is 2.64. The van der Waals surface area contributed by atoms with E-state index >= 15 is 0 Å². The third-order valence-electron chi connectivity index (χ3n) is 7.86. The number of hydrogen-bond donors (Lipinski definition) is 1. The largest absolute Gasteiger partial charge is 0.478 e. The summed E-state index contributed by atoms with van der Waals surface area (Å²) in [5, 5.41) is 9.20. The molecule has 130 valence electrons. The Balaban J connectivity index is 1.75. The van der Waals surface area contributed by atoms with Crippen LogP contribution in [0.3, 0.4) is 0 Å². The lowest BCUT2D eigenvalue weighted by Gasteiger charge is -2.55. The number of carboxylic acids is 1. The topological polar surface area (TPSA) is 54.4 Å². The lowest BCUT2D eigenvalue weighted by atomic mass is 9.47.